The Morgan fingerprint density at radius 1 is 1.00 bits per heavy atom. The lowest BCUT2D eigenvalue weighted by molar-refractivity contribution is -0.182. The Morgan fingerprint density at radius 2 is 1.69 bits per heavy atom. The van der Waals surface area contributed by atoms with Crippen LogP contribution in [0.1, 0.15) is 99.3 Å². The van der Waals surface area contributed by atoms with E-state index in [1.165, 1.54) is 38.5 Å². The molecule has 1 amide bonds. The van der Waals surface area contributed by atoms with Crippen molar-refractivity contribution in [1.82, 2.24) is 5.32 Å². The van der Waals surface area contributed by atoms with Crippen LogP contribution < -0.4 is 5.32 Å². The number of amides is 1. The highest BCUT2D eigenvalue weighted by atomic mass is 16.5. The van der Waals surface area contributed by atoms with E-state index in [-0.39, 0.29) is 40.5 Å². The summed E-state index contributed by atoms with van der Waals surface area (Å²) >= 11 is 0. The maximum absolute atomic E-state index is 12.2. The van der Waals surface area contributed by atoms with E-state index in [0.717, 1.165) is 19.3 Å². The normalized spacial score (nSPS) is 57.7. The van der Waals surface area contributed by atoms with Crippen LogP contribution in [0.25, 0.3) is 0 Å². The number of carbonyl (C=O) groups excluding carboxylic acids is 1. The van der Waals surface area contributed by atoms with E-state index >= 15 is 0 Å². The van der Waals surface area contributed by atoms with Crippen molar-refractivity contribution in [3.63, 3.8) is 0 Å². The molecule has 0 aromatic carbocycles. The Hall–Kier alpha value is -0.650. The molecule has 2 spiro atoms. The molecule has 35 heavy (non-hydrogen) atoms. The summed E-state index contributed by atoms with van der Waals surface area (Å²) in [5.41, 5.74) is 0.689. The molecular formula is C30H49NO4. The van der Waals surface area contributed by atoms with Crippen LogP contribution in [0.5, 0.6) is 0 Å². The van der Waals surface area contributed by atoms with Gasteiger partial charge in [0.15, 0.2) is 0 Å². The molecule has 1 heterocycles. The summed E-state index contributed by atoms with van der Waals surface area (Å²) < 4.78 is 6.74. The summed E-state index contributed by atoms with van der Waals surface area (Å²) in [5.74, 6) is 2.08. The lowest BCUT2D eigenvalue weighted by Gasteiger charge is -2.63. The molecule has 0 radical (unpaired) electrons. The molecule has 1 saturated heterocycles. The van der Waals surface area contributed by atoms with E-state index in [9.17, 15) is 15.0 Å². The first-order valence-electron chi connectivity index (χ1n) is 14.6. The fourth-order valence-corrected chi connectivity index (χ4v) is 12.0. The van der Waals surface area contributed by atoms with E-state index in [1.54, 1.807) is 6.92 Å². The molecule has 5 saturated carbocycles. The topological polar surface area (TPSA) is 78.8 Å². The summed E-state index contributed by atoms with van der Waals surface area (Å²) in [4.78, 5) is 11.4. The molecule has 3 N–H and O–H groups in total. The largest absolute Gasteiger partial charge is 0.393 e. The van der Waals surface area contributed by atoms with Crippen LogP contribution in [0.15, 0.2) is 0 Å². The number of hydrogen-bond acceptors (Lipinski definition) is 4. The third kappa shape index (κ3) is 2.84. The number of rotatable bonds is 3. The molecule has 12 atom stereocenters. The van der Waals surface area contributed by atoms with Crippen molar-refractivity contribution in [2.24, 2.45) is 50.7 Å². The second kappa shape index (κ2) is 7.47. The van der Waals surface area contributed by atoms with E-state index in [0.29, 0.717) is 41.0 Å². The minimum Gasteiger partial charge on any atom is -0.393 e. The van der Waals surface area contributed by atoms with Gasteiger partial charge in [0.25, 0.3) is 0 Å². The van der Waals surface area contributed by atoms with Crippen LogP contribution in [0.3, 0.4) is 0 Å². The van der Waals surface area contributed by atoms with Crippen LogP contribution in [0.2, 0.25) is 0 Å². The molecular weight excluding hydrogens is 438 g/mol. The van der Waals surface area contributed by atoms with Crippen molar-refractivity contribution in [2.75, 3.05) is 6.54 Å². The third-order valence-corrected chi connectivity index (χ3v) is 13.7. The SMILES string of the molecule is CC(=O)NCC[C@H]1C[C@@H](C)C2[C@H](O1)[C@H](O)[C@@]1(C)[C@@H]3CC[C@H]4C(C)(C)[C@@H](O)CC[C@@]45C[C@@]35CC[C@]21C. The van der Waals surface area contributed by atoms with Gasteiger partial charge >= 0.3 is 0 Å². The van der Waals surface area contributed by atoms with Crippen LogP contribution in [0, 0.1) is 50.7 Å². The van der Waals surface area contributed by atoms with Crippen LogP contribution in [-0.2, 0) is 9.53 Å². The Kier molecular flexibility index (Phi) is 5.27. The van der Waals surface area contributed by atoms with Gasteiger partial charge in [-0.05, 0) is 103 Å². The monoisotopic (exact) mass is 487 g/mol. The van der Waals surface area contributed by atoms with Crippen molar-refractivity contribution < 1.29 is 19.7 Å². The van der Waals surface area contributed by atoms with Crippen LogP contribution in [-0.4, -0.2) is 47.1 Å². The molecule has 0 bridgehead atoms. The Labute approximate surface area is 212 Å². The second-order valence-corrected chi connectivity index (χ2v) is 14.9. The predicted molar refractivity (Wildman–Crippen MR) is 135 cm³/mol. The van der Waals surface area contributed by atoms with Gasteiger partial charge in [0.1, 0.15) is 0 Å². The van der Waals surface area contributed by atoms with Gasteiger partial charge in [-0.15, -0.1) is 0 Å². The van der Waals surface area contributed by atoms with Crippen molar-refractivity contribution in [2.45, 2.75) is 124 Å². The molecule has 0 aromatic rings. The number of nitrogens with one attached hydrogen (secondary N) is 1. The van der Waals surface area contributed by atoms with Gasteiger partial charge in [0, 0.05) is 18.9 Å². The molecule has 6 rings (SSSR count). The smallest absolute Gasteiger partial charge is 0.216 e. The molecule has 6 fully saturated rings. The first-order valence-corrected chi connectivity index (χ1v) is 14.6. The summed E-state index contributed by atoms with van der Waals surface area (Å²) in [5, 5.41) is 26.0. The molecule has 5 heteroatoms. The number of ether oxygens (including phenoxy) is 1. The number of carbonyl (C=O) groups is 1. The summed E-state index contributed by atoms with van der Waals surface area (Å²) in [6, 6.07) is 0. The van der Waals surface area contributed by atoms with Gasteiger partial charge in [-0.25, -0.2) is 0 Å². The van der Waals surface area contributed by atoms with Crippen LogP contribution in [0.4, 0.5) is 0 Å². The van der Waals surface area contributed by atoms with Crippen molar-refractivity contribution in [1.29, 1.82) is 0 Å². The zero-order chi connectivity index (χ0) is 25.2. The van der Waals surface area contributed by atoms with Crippen molar-refractivity contribution in [3.05, 3.63) is 0 Å². The number of hydrogen-bond donors (Lipinski definition) is 3. The highest BCUT2D eigenvalue weighted by Crippen LogP contribution is 2.89. The highest BCUT2D eigenvalue weighted by Gasteiger charge is 2.84. The van der Waals surface area contributed by atoms with Crippen molar-refractivity contribution in [3.8, 4) is 0 Å². The van der Waals surface area contributed by atoms with Crippen molar-refractivity contribution >= 4 is 5.91 Å². The summed E-state index contributed by atoms with van der Waals surface area (Å²) in [6.45, 7) is 14.2. The second-order valence-electron chi connectivity index (χ2n) is 14.9. The van der Waals surface area contributed by atoms with E-state index in [4.69, 9.17) is 4.74 Å². The predicted octanol–water partition coefficient (Wildman–Crippen LogP) is 4.69. The minimum absolute atomic E-state index is 0.00455. The maximum Gasteiger partial charge on any atom is 0.216 e. The van der Waals surface area contributed by atoms with Gasteiger partial charge in [-0.3, -0.25) is 4.79 Å². The van der Waals surface area contributed by atoms with E-state index < -0.39 is 6.10 Å². The Balaban J connectivity index is 1.30. The minimum atomic E-state index is -0.429. The fraction of sp³-hybridized carbons (Fsp3) is 0.967. The first kappa shape index (κ1) is 24.7. The molecule has 5 nitrogen and oxygen atoms in total. The average molecular weight is 488 g/mol. The summed E-state index contributed by atoms with van der Waals surface area (Å²) in [7, 11) is 0. The third-order valence-electron chi connectivity index (χ3n) is 13.7. The molecule has 6 aliphatic rings. The van der Waals surface area contributed by atoms with Crippen LogP contribution >= 0.6 is 0 Å². The van der Waals surface area contributed by atoms with E-state index in [2.05, 4.69) is 39.9 Å². The molecule has 198 valence electrons. The lowest BCUT2D eigenvalue weighted by Crippen LogP contribution is -2.59. The van der Waals surface area contributed by atoms with Gasteiger partial charge < -0.3 is 20.3 Å². The van der Waals surface area contributed by atoms with Gasteiger partial charge in [0.05, 0.1) is 24.4 Å². The van der Waals surface area contributed by atoms with Gasteiger partial charge in [-0.2, -0.15) is 0 Å². The number of fused-ring (bicyclic) bond motifs is 4. The highest BCUT2D eigenvalue weighted by molar-refractivity contribution is 5.72. The lowest BCUT2D eigenvalue weighted by atomic mass is 9.41. The summed E-state index contributed by atoms with van der Waals surface area (Å²) in [6.07, 6.45) is 9.54. The van der Waals surface area contributed by atoms with Gasteiger partial charge in [0.2, 0.25) is 5.91 Å². The first-order chi connectivity index (χ1) is 16.3. The van der Waals surface area contributed by atoms with E-state index in [1.807, 2.05) is 0 Å². The van der Waals surface area contributed by atoms with Gasteiger partial charge in [-0.1, -0.05) is 34.6 Å². The Morgan fingerprint density at radius 3 is 2.40 bits per heavy atom. The molecule has 0 aromatic heterocycles. The standard InChI is InChI=1S/C30H49NO4/c1-17-15-19(10-14-31-18(2)32)35-24-23(17)27(5)12-13-30-16-29(30)11-9-22(33)26(3,4)20(29)7-8-21(30)28(27,6)25(24)34/h17,19-25,33-34H,7-16H2,1-6H3,(H,31,32)/t17-,19+,20+,21+,22+,23?,24+,25+,27-,28-,29-,30+/m1/s1. The molecule has 1 aliphatic heterocycles. The zero-order valence-electron chi connectivity index (χ0n) is 22.9. The maximum atomic E-state index is 12.2. The number of aliphatic hydroxyl groups excluding tert-OH is 2. The molecule has 1 unspecified atom stereocenters. The fourth-order valence-electron chi connectivity index (χ4n) is 12.0. The molecule has 5 aliphatic carbocycles. The Bertz CT molecular complexity index is 905. The quantitative estimate of drug-likeness (QED) is 0.540. The number of aliphatic hydroxyl groups is 2. The zero-order valence-corrected chi connectivity index (χ0v) is 22.9. The average Bonchev–Trinajstić information content (AvgIpc) is 3.41.